The first kappa shape index (κ1) is 25.4. The van der Waals surface area contributed by atoms with E-state index in [-0.39, 0.29) is 5.70 Å². The quantitative estimate of drug-likeness (QED) is 0.258. The highest BCUT2D eigenvalue weighted by molar-refractivity contribution is 6.31. The molecule has 0 radical (unpaired) electrons. The molecule has 9 heteroatoms. The van der Waals surface area contributed by atoms with Crippen molar-refractivity contribution in [2.24, 2.45) is 0 Å². The van der Waals surface area contributed by atoms with E-state index in [1.807, 2.05) is 0 Å². The van der Waals surface area contributed by atoms with Crippen LogP contribution in [0.25, 0.3) is 6.08 Å². The maximum Gasteiger partial charge on any atom is 0.272 e. The molecule has 4 aromatic rings. The Morgan fingerprint density at radius 1 is 0.865 bits per heavy atom. The lowest BCUT2D eigenvalue weighted by atomic mass is 10.2. The summed E-state index contributed by atoms with van der Waals surface area (Å²) in [6.45, 7) is 0. The van der Waals surface area contributed by atoms with E-state index in [0.717, 1.165) is 0 Å². The fourth-order valence-corrected chi connectivity index (χ4v) is 3.43. The van der Waals surface area contributed by atoms with Gasteiger partial charge in [0.2, 0.25) is 0 Å². The molecule has 0 atom stereocenters. The van der Waals surface area contributed by atoms with Crippen molar-refractivity contribution in [3.8, 4) is 23.0 Å². The van der Waals surface area contributed by atoms with Crippen molar-refractivity contribution < 1.29 is 28.2 Å². The van der Waals surface area contributed by atoms with Crippen molar-refractivity contribution in [3.63, 3.8) is 0 Å². The lowest BCUT2D eigenvalue weighted by Gasteiger charge is -2.15. The van der Waals surface area contributed by atoms with Gasteiger partial charge in [-0.05, 0) is 78.9 Å². The van der Waals surface area contributed by atoms with Crippen LogP contribution in [0.5, 0.6) is 23.0 Å². The summed E-state index contributed by atoms with van der Waals surface area (Å²) in [6, 6.07) is 21.6. The van der Waals surface area contributed by atoms with Crippen LogP contribution in [0.3, 0.4) is 0 Å². The predicted molar refractivity (Wildman–Crippen MR) is 140 cm³/mol. The van der Waals surface area contributed by atoms with E-state index in [0.29, 0.717) is 45.0 Å². The summed E-state index contributed by atoms with van der Waals surface area (Å²) in [6.07, 6.45) is 2.88. The molecule has 37 heavy (non-hydrogen) atoms. The van der Waals surface area contributed by atoms with Crippen LogP contribution in [0.2, 0.25) is 5.02 Å². The minimum Gasteiger partial charge on any atom is -0.497 e. The lowest BCUT2D eigenvalue weighted by molar-refractivity contribution is -0.113. The predicted octanol–water partition coefficient (Wildman–Crippen LogP) is 6.15. The molecule has 0 saturated carbocycles. The van der Waals surface area contributed by atoms with Crippen LogP contribution in [0.1, 0.15) is 16.1 Å². The zero-order valence-corrected chi connectivity index (χ0v) is 20.7. The van der Waals surface area contributed by atoms with Crippen LogP contribution in [0.15, 0.2) is 95.2 Å². The van der Waals surface area contributed by atoms with Gasteiger partial charge in [-0.1, -0.05) is 11.6 Å². The zero-order chi connectivity index (χ0) is 26.2. The van der Waals surface area contributed by atoms with Crippen molar-refractivity contribution in [2.75, 3.05) is 19.5 Å². The van der Waals surface area contributed by atoms with Crippen molar-refractivity contribution in [1.82, 2.24) is 5.32 Å². The molecular weight excluding hydrogens is 496 g/mol. The third-order valence-electron chi connectivity index (χ3n) is 5.15. The normalized spacial score (nSPS) is 10.9. The average Bonchev–Trinajstić information content (AvgIpc) is 3.43. The monoisotopic (exact) mass is 518 g/mol. The van der Waals surface area contributed by atoms with Crippen molar-refractivity contribution in [2.45, 2.75) is 0 Å². The molecular formula is C28H23ClN2O6. The number of halogens is 1. The summed E-state index contributed by atoms with van der Waals surface area (Å²) in [4.78, 5) is 26.2. The number of methoxy groups -OCH3 is 2. The van der Waals surface area contributed by atoms with Crippen LogP contribution in [-0.2, 0) is 4.79 Å². The maximum atomic E-state index is 13.3. The van der Waals surface area contributed by atoms with E-state index in [9.17, 15) is 9.59 Å². The number of benzene rings is 3. The van der Waals surface area contributed by atoms with E-state index in [2.05, 4.69) is 10.6 Å². The molecule has 0 bridgehead atoms. The molecule has 0 aliphatic carbocycles. The number of carbonyl (C=O) groups is 2. The van der Waals surface area contributed by atoms with Gasteiger partial charge in [-0.2, -0.15) is 0 Å². The van der Waals surface area contributed by atoms with Crippen LogP contribution >= 0.6 is 11.6 Å². The second-order valence-electron chi connectivity index (χ2n) is 7.63. The average molecular weight is 519 g/mol. The number of nitrogens with one attached hydrogen (secondary N) is 2. The molecule has 0 aliphatic heterocycles. The molecule has 4 rings (SSSR count). The van der Waals surface area contributed by atoms with Gasteiger partial charge >= 0.3 is 0 Å². The number of amides is 2. The van der Waals surface area contributed by atoms with E-state index in [1.165, 1.54) is 19.4 Å². The molecule has 8 nitrogen and oxygen atoms in total. The van der Waals surface area contributed by atoms with Crippen LogP contribution in [0, 0.1) is 0 Å². The van der Waals surface area contributed by atoms with Crippen LogP contribution in [-0.4, -0.2) is 26.0 Å². The van der Waals surface area contributed by atoms with Gasteiger partial charge in [0, 0.05) is 16.7 Å². The molecule has 0 aliphatic rings. The van der Waals surface area contributed by atoms with Crippen molar-refractivity contribution >= 4 is 35.2 Å². The second kappa shape index (κ2) is 11.8. The number of furan rings is 1. The van der Waals surface area contributed by atoms with Crippen molar-refractivity contribution in [1.29, 1.82) is 0 Å². The van der Waals surface area contributed by atoms with Gasteiger partial charge in [-0.3, -0.25) is 9.59 Å². The van der Waals surface area contributed by atoms with Gasteiger partial charge in [-0.25, -0.2) is 0 Å². The van der Waals surface area contributed by atoms with E-state index >= 15 is 0 Å². The highest BCUT2D eigenvalue weighted by Gasteiger charge is 2.18. The molecule has 0 fully saturated rings. The second-order valence-corrected chi connectivity index (χ2v) is 8.06. The molecule has 1 heterocycles. The minimum absolute atomic E-state index is 0.0499. The van der Waals surface area contributed by atoms with E-state index < -0.39 is 11.8 Å². The molecule has 188 valence electrons. The number of hydrogen-bond acceptors (Lipinski definition) is 6. The fraction of sp³-hybridized carbons (Fsp3) is 0.0714. The smallest absolute Gasteiger partial charge is 0.272 e. The number of anilines is 1. The first-order valence-corrected chi connectivity index (χ1v) is 11.5. The summed E-state index contributed by atoms with van der Waals surface area (Å²) in [5.41, 5.74) is 0.591. The maximum absolute atomic E-state index is 13.3. The molecule has 2 amide bonds. The molecule has 1 aromatic heterocycles. The third kappa shape index (κ3) is 6.71. The van der Waals surface area contributed by atoms with Gasteiger partial charge in [0.05, 0.1) is 26.2 Å². The topological polar surface area (TPSA) is 99.0 Å². The van der Waals surface area contributed by atoms with Gasteiger partial charge < -0.3 is 29.3 Å². The Kier molecular flexibility index (Phi) is 8.12. The molecule has 0 saturated heterocycles. The number of hydrogen-bond donors (Lipinski definition) is 2. The summed E-state index contributed by atoms with van der Waals surface area (Å²) < 4.78 is 21.6. The Labute approximate surface area is 218 Å². The molecule has 0 unspecified atom stereocenters. The number of ether oxygens (including phenoxy) is 3. The van der Waals surface area contributed by atoms with Gasteiger partial charge in [0.1, 0.15) is 28.7 Å². The highest BCUT2D eigenvalue weighted by Crippen LogP contribution is 2.33. The third-order valence-corrected chi connectivity index (χ3v) is 5.39. The Morgan fingerprint density at radius 2 is 1.51 bits per heavy atom. The highest BCUT2D eigenvalue weighted by atomic mass is 35.5. The summed E-state index contributed by atoms with van der Waals surface area (Å²) in [5, 5.41) is 5.80. The number of rotatable bonds is 9. The minimum atomic E-state index is -0.611. The first-order valence-electron chi connectivity index (χ1n) is 11.1. The van der Waals surface area contributed by atoms with Crippen LogP contribution < -0.4 is 24.8 Å². The Morgan fingerprint density at radius 3 is 2.14 bits per heavy atom. The van der Waals surface area contributed by atoms with Gasteiger partial charge in [0.15, 0.2) is 5.75 Å². The Balaban J connectivity index is 1.58. The van der Waals surface area contributed by atoms with Crippen LogP contribution in [0.4, 0.5) is 5.69 Å². The van der Waals surface area contributed by atoms with Gasteiger partial charge in [0.25, 0.3) is 11.8 Å². The van der Waals surface area contributed by atoms with E-state index in [1.54, 1.807) is 86.0 Å². The fourth-order valence-electron chi connectivity index (χ4n) is 3.26. The van der Waals surface area contributed by atoms with Gasteiger partial charge in [-0.15, -0.1) is 0 Å². The summed E-state index contributed by atoms with van der Waals surface area (Å²) >= 11 is 6.19. The Hall–Kier alpha value is -4.69. The molecule has 0 spiro atoms. The lowest BCUT2D eigenvalue weighted by Crippen LogP contribution is -2.30. The van der Waals surface area contributed by atoms with Crippen molar-refractivity contribution in [3.05, 3.63) is 107 Å². The number of carbonyl (C=O) groups excluding carboxylic acids is 2. The zero-order valence-electron chi connectivity index (χ0n) is 20.0. The summed E-state index contributed by atoms with van der Waals surface area (Å²) in [7, 11) is 3.11. The molecule has 3 aromatic carbocycles. The Bertz CT molecular complexity index is 1400. The summed E-state index contributed by atoms with van der Waals surface area (Å²) in [5.74, 6) is 1.43. The SMILES string of the molecule is COc1ccc(Oc2ccc(Cl)cc2NC(=O)/C(=C/c2ccco2)NC(=O)c2ccc(OC)cc2)cc1. The molecule has 2 N–H and O–H groups in total. The largest absolute Gasteiger partial charge is 0.497 e. The first-order chi connectivity index (χ1) is 17.9. The standard InChI is InChI=1S/C28H23ClN2O6/c1-34-20-8-5-18(6-9-20)27(32)31-25(17-23-4-3-15-36-23)28(33)30-24-16-19(29)7-14-26(24)37-22-12-10-21(35-2)11-13-22/h3-17H,1-2H3,(H,30,33)(H,31,32)/b25-17-. The van der Waals surface area contributed by atoms with E-state index in [4.69, 9.17) is 30.2 Å².